The summed E-state index contributed by atoms with van der Waals surface area (Å²) in [5.74, 6) is -0.521. The van der Waals surface area contributed by atoms with Crippen molar-refractivity contribution in [1.82, 2.24) is 0 Å². The van der Waals surface area contributed by atoms with Gasteiger partial charge in [0.2, 0.25) is 0 Å². The highest BCUT2D eigenvalue weighted by Gasteiger charge is 1.94. The van der Waals surface area contributed by atoms with Crippen molar-refractivity contribution in [2.75, 3.05) is 13.2 Å². The molecule has 0 aromatic carbocycles. The summed E-state index contributed by atoms with van der Waals surface area (Å²) in [7, 11) is 0. The SMILES string of the molecule is CCOCC(=O)C#N. The maximum Gasteiger partial charge on any atom is 0.257 e. The van der Waals surface area contributed by atoms with E-state index in [0.717, 1.165) is 0 Å². The number of carbonyl (C=O) groups is 1. The summed E-state index contributed by atoms with van der Waals surface area (Å²) in [6.45, 7) is 2.17. The Morgan fingerprint density at radius 3 is 2.88 bits per heavy atom. The van der Waals surface area contributed by atoms with Gasteiger partial charge >= 0.3 is 0 Å². The number of carbonyl (C=O) groups excluding carboxylic acids is 1. The van der Waals surface area contributed by atoms with E-state index in [9.17, 15) is 4.79 Å². The highest BCUT2D eigenvalue weighted by Crippen LogP contribution is 1.72. The second-order valence-corrected chi connectivity index (χ2v) is 1.17. The summed E-state index contributed by atoms with van der Waals surface area (Å²) in [6, 6.07) is 1.44. The molecule has 0 saturated carbocycles. The fourth-order valence-electron chi connectivity index (χ4n) is 0.227. The molecule has 0 N–H and O–H groups in total. The molecule has 0 aliphatic carbocycles. The molecule has 0 aromatic rings. The summed E-state index contributed by atoms with van der Waals surface area (Å²) in [5.41, 5.74) is 0. The average molecular weight is 113 g/mol. The Labute approximate surface area is 47.9 Å². The zero-order valence-corrected chi connectivity index (χ0v) is 4.68. The van der Waals surface area contributed by atoms with Crippen LogP contribution in [0.5, 0.6) is 0 Å². The number of hydrogen-bond donors (Lipinski definition) is 0. The zero-order chi connectivity index (χ0) is 6.41. The van der Waals surface area contributed by atoms with Gasteiger partial charge in [-0.2, -0.15) is 5.26 Å². The summed E-state index contributed by atoms with van der Waals surface area (Å²) >= 11 is 0. The molecule has 0 amide bonds. The molecular formula is C5H7NO2. The normalized spacial score (nSPS) is 8.00. The lowest BCUT2D eigenvalue weighted by molar-refractivity contribution is -0.118. The smallest absolute Gasteiger partial charge is 0.257 e. The Morgan fingerprint density at radius 1 is 1.88 bits per heavy atom. The third-order valence-corrected chi connectivity index (χ3v) is 0.562. The molecule has 0 bridgehead atoms. The van der Waals surface area contributed by atoms with Crippen molar-refractivity contribution in [3.05, 3.63) is 0 Å². The van der Waals surface area contributed by atoms with Gasteiger partial charge in [-0.25, -0.2) is 0 Å². The first-order chi connectivity index (χ1) is 3.81. The molecule has 3 heteroatoms. The molecule has 0 aliphatic heterocycles. The van der Waals surface area contributed by atoms with Gasteiger partial charge in [-0.1, -0.05) is 0 Å². The predicted octanol–water partition coefficient (Wildman–Crippen LogP) is 0.116. The molecule has 0 unspecified atom stereocenters. The first-order valence-electron chi connectivity index (χ1n) is 2.32. The standard InChI is InChI=1S/C5H7NO2/c1-2-8-4-5(7)3-6/h2,4H2,1H3. The molecule has 44 valence electrons. The minimum absolute atomic E-state index is 0.0764. The number of Topliss-reactive ketones (excluding diaryl/α,β-unsaturated/α-hetero) is 1. The number of nitriles is 1. The number of hydrogen-bond acceptors (Lipinski definition) is 3. The fourth-order valence-corrected chi connectivity index (χ4v) is 0.227. The average Bonchev–Trinajstić information content (AvgIpc) is 1.83. The quantitative estimate of drug-likeness (QED) is 0.488. The lowest BCUT2D eigenvalue weighted by Gasteiger charge is -1.89. The van der Waals surface area contributed by atoms with Gasteiger partial charge in [-0.05, 0) is 6.92 Å². The summed E-state index contributed by atoms with van der Waals surface area (Å²) < 4.78 is 4.61. The zero-order valence-electron chi connectivity index (χ0n) is 4.68. The minimum atomic E-state index is -0.521. The van der Waals surface area contributed by atoms with E-state index in [2.05, 4.69) is 4.74 Å². The molecule has 0 aromatic heterocycles. The molecule has 0 spiro atoms. The topological polar surface area (TPSA) is 50.1 Å². The molecule has 0 atom stereocenters. The lowest BCUT2D eigenvalue weighted by atomic mass is 10.5. The van der Waals surface area contributed by atoms with Crippen molar-refractivity contribution in [1.29, 1.82) is 5.26 Å². The van der Waals surface area contributed by atoms with Gasteiger partial charge in [0.15, 0.2) is 0 Å². The van der Waals surface area contributed by atoms with Crippen LogP contribution in [-0.2, 0) is 9.53 Å². The summed E-state index contributed by atoms with van der Waals surface area (Å²) in [5, 5.41) is 7.88. The predicted molar refractivity (Wildman–Crippen MR) is 27.1 cm³/mol. The number of nitrogens with zero attached hydrogens (tertiary/aromatic N) is 1. The molecule has 8 heavy (non-hydrogen) atoms. The van der Waals surface area contributed by atoms with Crippen LogP contribution in [0.4, 0.5) is 0 Å². The molecule has 0 fully saturated rings. The maximum atomic E-state index is 10.1. The van der Waals surface area contributed by atoms with Crippen LogP contribution >= 0.6 is 0 Å². The Morgan fingerprint density at radius 2 is 2.50 bits per heavy atom. The Balaban J connectivity index is 3.16. The van der Waals surface area contributed by atoms with Crippen molar-refractivity contribution in [3.63, 3.8) is 0 Å². The number of rotatable bonds is 3. The number of ether oxygens (including phenoxy) is 1. The highest BCUT2D eigenvalue weighted by atomic mass is 16.5. The van der Waals surface area contributed by atoms with Gasteiger partial charge in [0, 0.05) is 6.61 Å². The van der Waals surface area contributed by atoms with Crippen molar-refractivity contribution in [2.45, 2.75) is 6.92 Å². The van der Waals surface area contributed by atoms with Gasteiger partial charge in [-0.3, -0.25) is 4.79 Å². The van der Waals surface area contributed by atoms with E-state index >= 15 is 0 Å². The van der Waals surface area contributed by atoms with Crippen LogP contribution in [0.25, 0.3) is 0 Å². The Hall–Kier alpha value is -0.880. The van der Waals surface area contributed by atoms with E-state index < -0.39 is 5.78 Å². The van der Waals surface area contributed by atoms with Crippen LogP contribution in [-0.4, -0.2) is 19.0 Å². The maximum absolute atomic E-state index is 10.1. The van der Waals surface area contributed by atoms with Crippen LogP contribution in [0.2, 0.25) is 0 Å². The van der Waals surface area contributed by atoms with Crippen molar-refractivity contribution in [2.24, 2.45) is 0 Å². The molecular weight excluding hydrogens is 106 g/mol. The fraction of sp³-hybridized carbons (Fsp3) is 0.600. The van der Waals surface area contributed by atoms with Crippen LogP contribution < -0.4 is 0 Å². The highest BCUT2D eigenvalue weighted by molar-refractivity contribution is 5.94. The van der Waals surface area contributed by atoms with E-state index in [1.807, 2.05) is 0 Å². The second-order valence-electron chi connectivity index (χ2n) is 1.17. The molecule has 0 aliphatic rings. The van der Waals surface area contributed by atoms with E-state index in [0.29, 0.717) is 6.61 Å². The van der Waals surface area contributed by atoms with Gasteiger partial charge in [-0.15, -0.1) is 0 Å². The lowest BCUT2D eigenvalue weighted by Crippen LogP contribution is -2.04. The summed E-state index contributed by atoms with van der Waals surface area (Å²) in [4.78, 5) is 10.1. The van der Waals surface area contributed by atoms with Crippen molar-refractivity contribution >= 4 is 5.78 Å². The van der Waals surface area contributed by atoms with E-state index in [1.54, 1.807) is 6.92 Å². The van der Waals surface area contributed by atoms with Crippen molar-refractivity contribution < 1.29 is 9.53 Å². The monoisotopic (exact) mass is 113 g/mol. The minimum Gasteiger partial charge on any atom is -0.373 e. The van der Waals surface area contributed by atoms with Crippen LogP contribution in [0.1, 0.15) is 6.92 Å². The third kappa shape index (κ3) is 3.32. The van der Waals surface area contributed by atoms with Crippen LogP contribution in [0.15, 0.2) is 0 Å². The van der Waals surface area contributed by atoms with E-state index in [-0.39, 0.29) is 6.61 Å². The Bertz CT molecular complexity index is 114. The van der Waals surface area contributed by atoms with Crippen molar-refractivity contribution in [3.8, 4) is 6.07 Å². The van der Waals surface area contributed by atoms with Gasteiger partial charge in [0.25, 0.3) is 5.78 Å². The second kappa shape index (κ2) is 4.28. The van der Waals surface area contributed by atoms with E-state index in [4.69, 9.17) is 5.26 Å². The Kier molecular flexibility index (Phi) is 3.81. The van der Waals surface area contributed by atoms with Crippen LogP contribution in [0, 0.1) is 11.3 Å². The third-order valence-electron chi connectivity index (χ3n) is 0.562. The first-order valence-corrected chi connectivity index (χ1v) is 2.32. The molecule has 0 radical (unpaired) electrons. The van der Waals surface area contributed by atoms with Crippen LogP contribution in [0.3, 0.4) is 0 Å². The van der Waals surface area contributed by atoms with Gasteiger partial charge < -0.3 is 4.74 Å². The van der Waals surface area contributed by atoms with Gasteiger partial charge in [0.1, 0.15) is 12.7 Å². The molecule has 3 nitrogen and oxygen atoms in total. The largest absolute Gasteiger partial charge is 0.373 e. The summed E-state index contributed by atoms with van der Waals surface area (Å²) in [6.07, 6.45) is 0. The van der Waals surface area contributed by atoms with Gasteiger partial charge in [0.05, 0.1) is 0 Å². The number of ketones is 1. The molecule has 0 rings (SSSR count). The molecule has 0 saturated heterocycles. The van der Waals surface area contributed by atoms with E-state index in [1.165, 1.54) is 6.07 Å². The molecule has 0 heterocycles. The first kappa shape index (κ1) is 7.12.